The topological polar surface area (TPSA) is 102 Å². The highest BCUT2D eigenvalue weighted by atomic mass is 32.2. The van der Waals surface area contributed by atoms with Crippen LogP contribution in [0.25, 0.3) is 12.2 Å². The predicted molar refractivity (Wildman–Crippen MR) is 100 cm³/mol. The minimum atomic E-state index is -3.51. The van der Waals surface area contributed by atoms with Crippen molar-refractivity contribution in [1.29, 1.82) is 0 Å². The van der Waals surface area contributed by atoms with E-state index in [1.807, 2.05) is 0 Å². The number of nitrogens with zero attached hydrogens (tertiary/aromatic N) is 2. The zero-order valence-electron chi connectivity index (χ0n) is 15.1. The van der Waals surface area contributed by atoms with Gasteiger partial charge in [0.25, 0.3) is 0 Å². The molecule has 1 fully saturated rings. The lowest BCUT2D eigenvalue weighted by Crippen LogP contribution is -2.40. The summed E-state index contributed by atoms with van der Waals surface area (Å²) < 4.78 is 37.1. The molecular formula is C18H21N3O5S. The fourth-order valence-corrected chi connectivity index (χ4v) is 4.10. The molecule has 1 aliphatic rings. The van der Waals surface area contributed by atoms with Gasteiger partial charge in [-0.05, 0) is 30.7 Å². The van der Waals surface area contributed by atoms with Gasteiger partial charge in [-0.15, -0.1) is 0 Å². The van der Waals surface area contributed by atoms with E-state index in [1.54, 1.807) is 43.3 Å². The minimum Gasteiger partial charge on any atom is -0.379 e. The Morgan fingerprint density at radius 2 is 1.85 bits per heavy atom. The molecule has 1 aromatic heterocycles. The lowest BCUT2D eigenvalue weighted by Gasteiger charge is -2.26. The molecular weight excluding hydrogens is 370 g/mol. The molecule has 1 N–H and O–H groups in total. The highest BCUT2D eigenvalue weighted by Gasteiger charge is 2.25. The van der Waals surface area contributed by atoms with E-state index in [4.69, 9.17) is 9.26 Å². The first-order chi connectivity index (χ1) is 12.9. The van der Waals surface area contributed by atoms with Crippen LogP contribution in [-0.4, -0.2) is 50.1 Å². The Hall–Kier alpha value is -2.49. The summed E-state index contributed by atoms with van der Waals surface area (Å²) in [6.07, 6.45) is 3.44. The van der Waals surface area contributed by atoms with Gasteiger partial charge in [0.05, 0.1) is 18.1 Å². The van der Waals surface area contributed by atoms with Gasteiger partial charge in [-0.25, -0.2) is 8.42 Å². The van der Waals surface area contributed by atoms with Crippen LogP contribution in [0, 0.1) is 6.92 Å². The number of ether oxygens (including phenoxy) is 1. The van der Waals surface area contributed by atoms with Crippen molar-refractivity contribution in [3.05, 3.63) is 41.3 Å². The zero-order chi connectivity index (χ0) is 19.4. The summed E-state index contributed by atoms with van der Waals surface area (Å²) in [6, 6.07) is 6.58. The normalized spacial score (nSPS) is 15.9. The molecule has 2 aromatic rings. The van der Waals surface area contributed by atoms with Crippen molar-refractivity contribution in [2.24, 2.45) is 0 Å². The Morgan fingerprint density at radius 3 is 2.48 bits per heavy atom. The Bertz CT molecular complexity index is 942. The molecule has 1 aliphatic heterocycles. The molecule has 9 heteroatoms. The SMILES string of the molecule is CC(=O)Nc1c(C)noc1C=Cc1ccc(S(=O)(=O)N2CCOCC2)cc1. The summed E-state index contributed by atoms with van der Waals surface area (Å²) in [5.41, 5.74) is 1.89. The van der Waals surface area contributed by atoms with Crippen molar-refractivity contribution in [2.75, 3.05) is 31.6 Å². The summed E-state index contributed by atoms with van der Waals surface area (Å²) in [7, 11) is -3.51. The number of aromatic nitrogens is 1. The number of carbonyl (C=O) groups is 1. The fraction of sp³-hybridized carbons (Fsp3) is 0.333. The van der Waals surface area contributed by atoms with Crippen LogP contribution in [0.5, 0.6) is 0 Å². The van der Waals surface area contributed by atoms with Crippen LogP contribution in [0.4, 0.5) is 5.69 Å². The second-order valence-corrected chi connectivity index (χ2v) is 8.05. The monoisotopic (exact) mass is 391 g/mol. The molecule has 0 spiro atoms. The third kappa shape index (κ3) is 4.44. The van der Waals surface area contributed by atoms with E-state index in [0.29, 0.717) is 43.4 Å². The van der Waals surface area contributed by atoms with Crippen LogP contribution in [-0.2, 0) is 19.6 Å². The van der Waals surface area contributed by atoms with Crippen molar-refractivity contribution >= 4 is 33.8 Å². The first-order valence-corrected chi connectivity index (χ1v) is 9.92. The third-order valence-corrected chi connectivity index (χ3v) is 6.02. The van der Waals surface area contributed by atoms with Crippen molar-refractivity contribution in [3.63, 3.8) is 0 Å². The van der Waals surface area contributed by atoms with E-state index >= 15 is 0 Å². The molecule has 27 heavy (non-hydrogen) atoms. The highest BCUT2D eigenvalue weighted by molar-refractivity contribution is 7.89. The average Bonchev–Trinajstić information content (AvgIpc) is 3.00. The molecule has 1 aromatic carbocycles. The van der Waals surface area contributed by atoms with Crippen molar-refractivity contribution in [2.45, 2.75) is 18.7 Å². The standard InChI is InChI=1S/C18H21N3O5S/c1-13-18(19-14(2)22)17(26-20-13)8-5-15-3-6-16(7-4-15)27(23,24)21-9-11-25-12-10-21/h3-8H,9-12H2,1-2H3,(H,19,22). The summed E-state index contributed by atoms with van der Waals surface area (Å²) in [5.74, 6) is 0.210. The number of rotatable bonds is 5. The lowest BCUT2D eigenvalue weighted by molar-refractivity contribution is -0.114. The van der Waals surface area contributed by atoms with Gasteiger partial charge in [-0.3, -0.25) is 4.79 Å². The number of aryl methyl sites for hydroxylation is 1. The number of hydrogen-bond acceptors (Lipinski definition) is 6. The summed E-state index contributed by atoms with van der Waals surface area (Å²) >= 11 is 0. The molecule has 1 amide bonds. The third-order valence-electron chi connectivity index (χ3n) is 4.11. The van der Waals surface area contributed by atoms with E-state index in [1.165, 1.54) is 11.2 Å². The molecule has 3 rings (SSSR count). The maximum Gasteiger partial charge on any atom is 0.243 e. The number of nitrogens with one attached hydrogen (secondary N) is 1. The van der Waals surface area contributed by atoms with Gasteiger partial charge in [-0.2, -0.15) is 4.31 Å². The molecule has 0 saturated carbocycles. The number of hydrogen-bond donors (Lipinski definition) is 1. The molecule has 0 bridgehead atoms. The molecule has 8 nitrogen and oxygen atoms in total. The second kappa shape index (κ2) is 8.03. The molecule has 0 radical (unpaired) electrons. The molecule has 0 atom stereocenters. The fourth-order valence-electron chi connectivity index (χ4n) is 2.69. The number of sulfonamides is 1. The summed E-state index contributed by atoms with van der Waals surface area (Å²) in [6.45, 7) is 4.69. The number of carbonyl (C=O) groups excluding carboxylic acids is 1. The van der Waals surface area contributed by atoms with Crippen LogP contribution in [0.1, 0.15) is 23.9 Å². The van der Waals surface area contributed by atoms with E-state index in [-0.39, 0.29) is 10.8 Å². The van der Waals surface area contributed by atoms with Crippen molar-refractivity contribution in [3.8, 4) is 0 Å². The second-order valence-electron chi connectivity index (χ2n) is 6.11. The van der Waals surface area contributed by atoms with E-state index in [0.717, 1.165) is 5.56 Å². The van der Waals surface area contributed by atoms with Crippen molar-refractivity contribution in [1.82, 2.24) is 9.46 Å². The summed E-state index contributed by atoms with van der Waals surface area (Å²) in [4.78, 5) is 11.5. The van der Waals surface area contributed by atoms with Crippen LogP contribution < -0.4 is 5.32 Å². The quantitative estimate of drug-likeness (QED) is 0.838. The Labute approximate surface area is 157 Å². The van der Waals surface area contributed by atoms with Gasteiger partial charge in [0.15, 0.2) is 5.76 Å². The largest absolute Gasteiger partial charge is 0.379 e. The minimum absolute atomic E-state index is 0.214. The van der Waals surface area contributed by atoms with Gasteiger partial charge in [0, 0.05) is 20.0 Å². The van der Waals surface area contributed by atoms with Gasteiger partial charge in [0.2, 0.25) is 15.9 Å². The number of benzene rings is 1. The molecule has 0 unspecified atom stereocenters. The predicted octanol–water partition coefficient (Wildman–Crippen LogP) is 2.13. The first kappa shape index (κ1) is 19.3. The highest BCUT2D eigenvalue weighted by Crippen LogP contribution is 2.23. The molecule has 1 saturated heterocycles. The van der Waals surface area contributed by atoms with Gasteiger partial charge in [0.1, 0.15) is 11.4 Å². The smallest absolute Gasteiger partial charge is 0.243 e. The zero-order valence-corrected chi connectivity index (χ0v) is 16.0. The van der Waals surface area contributed by atoms with Crippen LogP contribution in [0.2, 0.25) is 0 Å². The van der Waals surface area contributed by atoms with Crippen LogP contribution in [0.15, 0.2) is 33.7 Å². The van der Waals surface area contributed by atoms with Crippen LogP contribution in [0.3, 0.4) is 0 Å². The molecule has 0 aliphatic carbocycles. The van der Waals surface area contributed by atoms with Gasteiger partial charge >= 0.3 is 0 Å². The maximum atomic E-state index is 12.6. The Kier molecular flexibility index (Phi) is 5.73. The maximum absolute atomic E-state index is 12.6. The first-order valence-electron chi connectivity index (χ1n) is 8.48. The van der Waals surface area contributed by atoms with E-state index in [9.17, 15) is 13.2 Å². The summed E-state index contributed by atoms with van der Waals surface area (Å²) in [5, 5.41) is 6.53. The number of amides is 1. The molecule has 2 heterocycles. The average molecular weight is 391 g/mol. The van der Waals surface area contributed by atoms with Gasteiger partial charge in [-0.1, -0.05) is 23.4 Å². The van der Waals surface area contributed by atoms with Gasteiger partial charge < -0.3 is 14.6 Å². The van der Waals surface area contributed by atoms with Crippen molar-refractivity contribution < 1.29 is 22.5 Å². The van der Waals surface area contributed by atoms with E-state index < -0.39 is 10.0 Å². The molecule has 144 valence electrons. The Balaban J connectivity index is 1.76. The van der Waals surface area contributed by atoms with E-state index in [2.05, 4.69) is 10.5 Å². The Morgan fingerprint density at radius 1 is 1.19 bits per heavy atom. The lowest BCUT2D eigenvalue weighted by atomic mass is 10.2. The number of morpholine rings is 1. The number of anilines is 1. The van der Waals surface area contributed by atoms with Crippen LogP contribution >= 0.6 is 0 Å².